The van der Waals surface area contributed by atoms with E-state index < -0.39 is 46.1 Å². The van der Waals surface area contributed by atoms with Gasteiger partial charge in [0.25, 0.3) is 0 Å². The molecule has 0 aliphatic heterocycles. The third kappa shape index (κ3) is 49.8. The predicted molar refractivity (Wildman–Crippen MR) is 466 cm³/mol. The summed E-state index contributed by atoms with van der Waals surface area (Å²) >= 11 is 0. The van der Waals surface area contributed by atoms with Crippen LogP contribution in [0.25, 0.3) is 0 Å². The van der Waals surface area contributed by atoms with Crippen molar-refractivity contribution in [3.05, 3.63) is 23.3 Å². The number of fused-ring (bicyclic) bond motifs is 7. The zero-order chi connectivity index (χ0) is 85.2. The van der Waals surface area contributed by atoms with Gasteiger partial charge in [-0.3, -0.25) is 4.79 Å². The minimum Gasteiger partial charge on any atom is -0.465 e. The van der Waals surface area contributed by atoms with Crippen LogP contribution in [-0.4, -0.2) is 70.0 Å². The van der Waals surface area contributed by atoms with Gasteiger partial charge in [0.15, 0.2) is 0 Å². The lowest BCUT2D eigenvalue weighted by molar-refractivity contribution is -0.261. The summed E-state index contributed by atoms with van der Waals surface area (Å²) in [5.74, 6) is -0.777. The minimum atomic E-state index is -1.26. The van der Waals surface area contributed by atoms with Crippen LogP contribution in [0.15, 0.2) is 23.3 Å². The summed E-state index contributed by atoms with van der Waals surface area (Å²) in [6.07, 6.45) is 7.84. The van der Waals surface area contributed by atoms with E-state index in [1.165, 1.54) is 12.0 Å². The Morgan fingerprint density at radius 3 is 1.09 bits per heavy atom. The first-order valence-corrected chi connectivity index (χ1v) is 43.6. The Morgan fingerprint density at radius 1 is 0.459 bits per heavy atom. The molecule has 5 aliphatic carbocycles. The minimum absolute atomic E-state index is 0.127. The van der Waals surface area contributed by atoms with E-state index in [-0.39, 0.29) is 59.7 Å². The Kier molecular flexibility index (Phi) is 174. The topological polar surface area (TPSA) is 134 Å². The Labute approximate surface area is 631 Å². The van der Waals surface area contributed by atoms with E-state index in [0.29, 0.717) is 37.7 Å². The molecule has 5 rings (SSSR count). The van der Waals surface area contributed by atoms with Gasteiger partial charge in [0.1, 0.15) is 6.61 Å². The third-order valence-electron chi connectivity index (χ3n) is 16.0. The van der Waals surface area contributed by atoms with Crippen LogP contribution >= 0.6 is 0 Å². The van der Waals surface area contributed by atoms with Crippen LogP contribution in [0.4, 0.5) is 0 Å². The van der Waals surface area contributed by atoms with Crippen LogP contribution in [-0.2, 0) is 19.1 Å². The van der Waals surface area contributed by atoms with Crippen molar-refractivity contribution in [1.82, 2.24) is 0 Å². The molecular formula is C90H212O8. The maximum Gasteiger partial charge on any atom is 0.333 e. The molecule has 0 aromatic carbocycles. The van der Waals surface area contributed by atoms with Gasteiger partial charge < -0.3 is 29.9 Å². The highest BCUT2D eigenvalue weighted by Gasteiger charge is 2.73. The van der Waals surface area contributed by atoms with Gasteiger partial charge in [0.2, 0.25) is 0 Å². The second kappa shape index (κ2) is 114. The monoisotopic (exact) mass is 1420 g/mol. The first kappa shape index (κ1) is 150. The summed E-state index contributed by atoms with van der Waals surface area (Å²) in [6.45, 7) is 117. The number of carbonyl (C=O) groups excluding carboxylic acids is 2. The fraction of sp³-hybridized carbons (Fsp3) is 0.933. The number of aliphatic hydroxyl groups is 4. The second-order valence-corrected chi connectivity index (χ2v) is 19.2. The van der Waals surface area contributed by atoms with Crippen molar-refractivity contribution in [2.24, 2.45) is 56.2 Å². The van der Waals surface area contributed by atoms with Crippen molar-refractivity contribution in [2.75, 3.05) is 13.2 Å². The SMILES string of the molecule is C/C=C(\C)C(=O)OC[C@]1(C)C2CC[C@]3(C)C(CC=C4C5CC(C)(C)[C@@H](O)[C@H](O)[C@]5(COC(=O)C(CC)CC)[C@H](O)C[C@]43C)[C@@]2(C)CC[C@@H]1O.CC.CC.CC.CC.CC.CC.CC.CC.CC.CC.CC.CC.CC.CC.CC.CC.CC.CC.CC.CC.CC.CC.CC.CCC. The van der Waals surface area contributed by atoms with Gasteiger partial charge in [-0.05, 0) is 111 Å². The Morgan fingerprint density at radius 2 is 0.786 bits per heavy atom. The first-order valence-electron chi connectivity index (χ1n) is 43.6. The van der Waals surface area contributed by atoms with Crippen LogP contribution in [0.1, 0.15) is 466 Å². The molecule has 4 saturated carbocycles. The molecule has 4 fully saturated rings. The van der Waals surface area contributed by atoms with Crippen LogP contribution in [0.3, 0.4) is 0 Å². The lowest BCUT2D eigenvalue weighted by atomic mass is 9.33. The fourth-order valence-corrected chi connectivity index (χ4v) is 12.3. The standard InChI is InChI=1S/C41H66O8.C3H8.23C2H6/c1-11-24(4)34(46)48-22-38(8)28-16-19-39(9)29(37(28,7)18-17-30(38)42)15-14-26-27-20-36(5,6)32(44)33(45)41(27,31(43)21-40(26,39)10)23-49-35(47)25(12-2)13-3;1-3-2;23*1-2/h11,14,25,27-33,42-45H,12-13,15-23H2,1-10H3;3H2,1-2H3;23*1-2H3/b24-11+;;;;;;;;;;;;;;;;;;;;;;;;/t27?,28?,29?,30-,31+,32-,33-,37-,38+,39+,40+,41-;;;;;;;;;;;;;;;;;;;;;;;;/m0......................../s1. The molecule has 0 amide bonds. The summed E-state index contributed by atoms with van der Waals surface area (Å²) in [6, 6.07) is 0. The highest BCUT2D eigenvalue weighted by atomic mass is 16.5. The predicted octanol–water partition coefficient (Wildman–Crippen LogP) is 31.5. The van der Waals surface area contributed by atoms with Crippen molar-refractivity contribution < 1.29 is 39.5 Å². The molecule has 12 atom stereocenters. The van der Waals surface area contributed by atoms with Gasteiger partial charge in [-0.15, -0.1) is 0 Å². The number of ether oxygens (including phenoxy) is 2. The Hall–Kier alpha value is -1.74. The van der Waals surface area contributed by atoms with E-state index in [2.05, 4.69) is 47.6 Å². The number of rotatable bonds is 8. The molecule has 620 valence electrons. The molecule has 0 aromatic heterocycles. The average molecular weight is 1420 g/mol. The van der Waals surface area contributed by atoms with Gasteiger partial charge in [-0.1, -0.05) is 412 Å². The Bertz CT molecular complexity index is 1370. The van der Waals surface area contributed by atoms with Crippen LogP contribution in [0.2, 0.25) is 0 Å². The van der Waals surface area contributed by atoms with Crippen LogP contribution in [0.5, 0.6) is 0 Å². The maximum absolute atomic E-state index is 13.2. The Balaban J connectivity index is -0.0000000582. The molecular weight excluding hydrogens is 1210 g/mol. The third-order valence-corrected chi connectivity index (χ3v) is 16.0. The van der Waals surface area contributed by atoms with Crippen LogP contribution < -0.4 is 0 Å². The molecule has 8 heteroatoms. The summed E-state index contributed by atoms with van der Waals surface area (Å²) in [5, 5.41) is 47.4. The molecule has 3 unspecified atom stereocenters. The molecule has 98 heavy (non-hydrogen) atoms. The quantitative estimate of drug-likeness (QED) is 0.107. The van der Waals surface area contributed by atoms with Crippen molar-refractivity contribution >= 4 is 11.9 Å². The first-order chi connectivity index (χ1) is 47.2. The zero-order valence-electron chi connectivity index (χ0n) is 80.7. The van der Waals surface area contributed by atoms with E-state index in [4.69, 9.17) is 9.47 Å². The highest BCUT2D eigenvalue weighted by molar-refractivity contribution is 5.87. The van der Waals surface area contributed by atoms with E-state index in [0.717, 1.165) is 25.7 Å². The summed E-state index contributed by atoms with van der Waals surface area (Å²) in [5.41, 5.74) is -1.37. The summed E-state index contributed by atoms with van der Waals surface area (Å²) < 4.78 is 11.9. The zero-order valence-corrected chi connectivity index (χ0v) is 80.7. The van der Waals surface area contributed by atoms with Crippen molar-refractivity contribution in [3.8, 4) is 0 Å². The number of hydrogen-bond donors (Lipinski definition) is 4. The largest absolute Gasteiger partial charge is 0.465 e. The summed E-state index contributed by atoms with van der Waals surface area (Å²) in [4.78, 5) is 25.9. The molecule has 0 spiro atoms. The normalized spacial score (nSPS) is 24.6. The smallest absolute Gasteiger partial charge is 0.333 e. The van der Waals surface area contributed by atoms with Gasteiger partial charge >= 0.3 is 11.9 Å². The van der Waals surface area contributed by atoms with Crippen molar-refractivity contribution in [1.29, 1.82) is 0 Å². The molecule has 8 nitrogen and oxygen atoms in total. The highest BCUT2D eigenvalue weighted by Crippen LogP contribution is 2.76. The maximum atomic E-state index is 13.2. The molecule has 0 bridgehead atoms. The van der Waals surface area contributed by atoms with E-state index in [9.17, 15) is 30.0 Å². The van der Waals surface area contributed by atoms with Crippen molar-refractivity contribution in [2.45, 2.75) is 490 Å². The average Bonchev–Trinajstić information content (AvgIpc) is 0.674. The van der Waals surface area contributed by atoms with Gasteiger partial charge in [-0.2, -0.15) is 0 Å². The van der Waals surface area contributed by atoms with Crippen molar-refractivity contribution in [3.63, 3.8) is 0 Å². The van der Waals surface area contributed by atoms with Gasteiger partial charge in [-0.25, -0.2) is 4.79 Å². The lowest BCUT2D eigenvalue weighted by Crippen LogP contribution is -2.72. The second-order valence-electron chi connectivity index (χ2n) is 19.2. The number of aliphatic hydroxyl groups excluding tert-OH is 4. The van der Waals surface area contributed by atoms with E-state index in [1.807, 2.05) is 353 Å². The van der Waals surface area contributed by atoms with Gasteiger partial charge in [0.05, 0.1) is 42.4 Å². The molecule has 0 saturated heterocycles. The number of allylic oxidation sites excluding steroid dienone is 3. The molecule has 5 aliphatic rings. The fourth-order valence-electron chi connectivity index (χ4n) is 12.3. The summed E-state index contributed by atoms with van der Waals surface area (Å²) in [7, 11) is 0. The van der Waals surface area contributed by atoms with Crippen LogP contribution in [0, 0.1) is 56.2 Å². The lowest BCUT2D eigenvalue weighted by Gasteiger charge is -2.72. The molecule has 0 radical (unpaired) electrons. The van der Waals surface area contributed by atoms with E-state index in [1.54, 1.807) is 13.0 Å². The molecule has 0 heterocycles. The number of hydrogen-bond acceptors (Lipinski definition) is 8. The van der Waals surface area contributed by atoms with E-state index >= 15 is 0 Å². The molecule has 4 N–H and O–H groups in total. The molecule has 0 aromatic rings. The van der Waals surface area contributed by atoms with Gasteiger partial charge in [0, 0.05) is 11.0 Å². The number of carbonyl (C=O) groups is 2. The number of esters is 2.